The number of carbonyl (C=O) groups is 2. The predicted octanol–water partition coefficient (Wildman–Crippen LogP) is 4.51. The fourth-order valence-electron chi connectivity index (χ4n) is 4.48. The van der Waals surface area contributed by atoms with Crippen molar-refractivity contribution in [1.29, 1.82) is 0 Å². The molecule has 0 bridgehead atoms. The largest absolute Gasteiger partial charge is 0.354 e. The van der Waals surface area contributed by atoms with Gasteiger partial charge in [-0.05, 0) is 48.9 Å². The maximum Gasteiger partial charge on any atom is 0.320 e. The van der Waals surface area contributed by atoms with Gasteiger partial charge in [-0.3, -0.25) is 9.20 Å². The topological polar surface area (TPSA) is 82.0 Å². The molecule has 3 amide bonds. The number of aryl methyl sites for hydroxylation is 1. The molecule has 8 nitrogen and oxygen atoms in total. The van der Waals surface area contributed by atoms with Crippen molar-refractivity contribution in [3.8, 4) is 0 Å². The van der Waals surface area contributed by atoms with Crippen LogP contribution in [0.2, 0.25) is 5.02 Å². The molecule has 4 aromatic rings. The Labute approximate surface area is 214 Å². The number of piperazine rings is 1. The molecule has 2 aromatic heterocycles. The molecule has 0 aliphatic carbocycles. The maximum absolute atomic E-state index is 13.6. The Bertz CT molecular complexity index is 1360. The number of aromatic nitrogens is 2. The van der Waals surface area contributed by atoms with E-state index in [1.54, 1.807) is 24.3 Å². The zero-order valence-electron chi connectivity index (χ0n) is 19.9. The average molecular weight is 503 g/mol. The molecule has 1 aliphatic heterocycles. The molecule has 5 rings (SSSR count). The number of pyridine rings is 1. The minimum Gasteiger partial charge on any atom is -0.354 e. The van der Waals surface area contributed by atoms with E-state index in [0.717, 1.165) is 22.7 Å². The first kappa shape index (κ1) is 23.7. The summed E-state index contributed by atoms with van der Waals surface area (Å²) < 4.78 is 2.09. The highest BCUT2D eigenvalue weighted by Crippen LogP contribution is 2.22. The van der Waals surface area contributed by atoms with Gasteiger partial charge in [0.25, 0.3) is 0 Å². The maximum atomic E-state index is 13.6. The number of hydrogen-bond donors (Lipinski definition) is 2. The Morgan fingerprint density at radius 3 is 2.36 bits per heavy atom. The number of urea groups is 1. The van der Waals surface area contributed by atoms with Gasteiger partial charge < -0.3 is 20.4 Å². The second-order valence-electron chi connectivity index (χ2n) is 8.76. The number of halogens is 1. The van der Waals surface area contributed by atoms with Gasteiger partial charge in [0.2, 0.25) is 5.91 Å². The normalized spacial score (nSPS) is 14.5. The molecule has 36 heavy (non-hydrogen) atoms. The Hall–Kier alpha value is -4.04. The lowest BCUT2D eigenvalue weighted by atomic mass is 10.1. The molecular formula is C27H27ClN6O2. The van der Waals surface area contributed by atoms with Crippen molar-refractivity contribution >= 4 is 40.7 Å². The zero-order valence-corrected chi connectivity index (χ0v) is 20.7. The highest BCUT2D eigenvalue weighted by molar-refractivity contribution is 6.30. The molecule has 1 aliphatic rings. The molecule has 1 saturated heterocycles. The van der Waals surface area contributed by atoms with Crippen LogP contribution in [-0.2, 0) is 4.79 Å². The third kappa shape index (κ3) is 5.13. The van der Waals surface area contributed by atoms with E-state index in [-0.39, 0.29) is 5.91 Å². The number of nitrogens with one attached hydrogen (secondary N) is 2. The molecule has 2 N–H and O–H groups in total. The smallest absolute Gasteiger partial charge is 0.320 e. The molecule has 9 heteroatoms. The SMILES string of the molecule is Cc1cn2c(N3CCN(C(=O)C(NC(=O)Nc4ccc(Cl)cc4)c4ccccc4)CC3)cccc2n1. The minimum atomic E-state index is -0.801. The summed E-state index contributed by atoms with van der Waals surface area (Å²) in [6, 6.07) is 20.9. The van der Waals surface area contributed by atoms with Crippen molar-refractivity contribution in [1.82, 2.24) is 19.6 Å². The Kier molecular flexibility index (Phi) is 6.77. The number of fused-ring (bicyclic) bond motifs is 1. The van der Waals surface area contributed by atoms with Crippen LogP contribution in [0.3, 0.4) is 0 Å². The average Bonchev–Trinajstić information content (AvgIpc) is 3.29. The van der Waals surface area contributed by atoms with Crippen LogP contribution in [0, 0.1) is 6.92 Å². The summed E-state index contributed by atoms with van der Waals surface area (Å²) in [7, 11) is 0. The van der Waals surface area contributed by atoms with E-state index >= 15 is 0 Å². The first-order chi connectivity index (χ1) is 17.5. The van der Waals surface area contributed by atoms with E-state index in [4.69, 9.17) is 11.6 Å². The van der Waals surface area contributed by atoms with Crippen LogP contribution >= 0.6 is 11.6 Å². The van der Waals surface area contributed by atoms with Crippen LogP contribution in [-0.4, -0.2) is 52.4 Å². The van der Waals surface area contributed by atoms with Crippen molar-refractivity contribution in [2.24, 2.45) is 0 Å². The van der Waals surface area contributed by atoms with E-state index in [0.29, 0.717) is 36.9 Å². The van der Waals surface area contributed by atoms with Gasteiger partial charge in [-0.15, -0.1) is 0 Å². The quantitative estimate of drug-likeness (QED) is 0.421. The summed E-state index contributed by atoms with van der Waals surface area (Å²) >= 11 is 5.93. The molecule has 1 unspecified atom stereocenters. The van der Waals surface area contributed by atoms with Gasteiger partial charge in [0.05, 0.1) is 5.69 Å². The molecular weight excluding hydrogens is 476 g/mol. The fourth-order valence-corrected chi connectivity index (χ4v) is 4.60. The summed E-state index contributed by atoms with van der Waals surface area (Å²) in [5.41, 5.74) is 3.19. The van der Waals surface area contributed by atoms with Crippen LogP contribution in [0.15, 0.2) is 79.0 Å². The van der Waals surface area contributed by atoms with Gasteiger partial charge in [-0.25, -0.2) is 9.78 Å². The van der Waals surface area contributed by atoms with Gasteiger partial charge in [-0.2, -0.15) is 0 Å². The van der Waals surface area contributed by atoms with Crippen LogP contribution in [0.25, 0.3) is 5.65 Å². The van der Waals surface area contributed by atoms with Gasteiger partial charge in [0, 0.05) is 43.1 Å². The van der Waals surface area contributed by atoms with E-state index in [9.17, 15) is 9.59 Å². The van der Waals surface area contributed by atoms with Crippen molar-refractivity contribution in [3.05, 3.63) is 95.3 Å². The van der Waals surface area contributed by atoms with Crippen LogP contribution < -0.4 is 15.5 Å². The lowest BCUT2D eigenvalue weighted by Gasteiger charge is -2.37. The second kappa shape index (κ2) is 10.3. The molecule has 2 aromatic carbocycles. The number of imidazole rings is 1. The summed E-state index contributed by atoms with van der Waals surface area (Å²) in [5.74, 6) is 0.920. The van der Waals surface area contributed by atoms with E-state index in [1.165, 1.54) is 0 Å². The monoisotopic (exact) mass is 502 g/mol. The molecule has 0 saturated carbocycles. The number of rotatable bonds is 5. The summed E-state index contributed by atoms with van der Waals surface area (Å²) in [6.45, 7) is 4.44. The Balaban J connectivity index is 1.29. The first-order valence-electron chi connectivity index (χ1n) is 11.8. The zero-order chi connectivity index (χ0) is 25.1. The van der Waals surface area contributed by atoms with Crippen LogP contribution in [0.5, 0.6) is 0 Å². The number of benzene rings is 2. The number of amides is 3. The Morgan fingerprint density at radius 2 is 1.64 bits per heavy atom. The van der Waals surface area contributed by atoms with Crippen molar-refractivity contribution < 1.29 is 9.59 Å². The number of hydrogen-bond acceptors (Lipinski definition) is 4. The van der Waals surface area contributed by atoms with Gasteiger partial charge in [-0.1, -0.05) is 48.0 Å². The van der Waals surface area contributed by atoms with Gasteiger partial charge >= 0.3 is 6.03 Å². The third-order valence-electron chi connectivity index (χ3n) is 6.26. The van der Waals surface area contributed by atoms with Gasteiger partial charge in [0.15, 0.2) is 0 Å². The van der Waals surface area contributed by atoms with Crippen LogP contribution in [0.1, 0.15) is 17.3 Å². The second-order valence-corrected chi connectivity index (χ2v) is 9.19. The molecule has 1 atom stereocenters. The van der Waals surface area contributed by atoms with Crippen molar-refractivity contribution in [2.45, 2.75) is 13.0 Å². The number of anilines is 2. The highest BCUT2D eigenvalue weighted by Gasteiger charge is 2.30. The molecule has 0 radical (unpaired) electrons. The Morgan fingerprint density at radius 1 is 0.917 bits per heavy atom. The summed E-state index contributed by atoms with van der Waals surface area (Å²) in [6.07, 6.45) is 2.02. The molecule has 3 heterocycles. The number of carbonyl (C=O) groups excluding carboxylic acids is 2. The van der Waals surface area contributed by atoms with E-state index in [1.807, 2.05) is 60.5 Å². The minimum absolute atomic E-state index is 0.135. The lowest BCUT2D eigenvalue weighted by Crippen LogP contribution is -2.52. The standard InChI is InChI=1S/C27H27ClN6O2/c1-19-18-34-23(29-19)8-5-9-24(34)32-14-16-33(17-15-32)26(35)25(20-6-3-2-4-7-20)31-27(36)30-22-12-10-21(28)11-13-22/h2-13,18,25H,14-17H2,1H3,(H2,30,31,36). The first-order valence-corrected chi connectivity index (χ1v) is 12.2. The molecule has 184 valence electrons. The van der Waals surface area contributed by atoms with Crippen molar-refractivity contribution in [2.75, 3.05) is 36.4 Å². The molecule has 0 spiro atoms. The summed E-state index contributed by atoms with van der Waals surface area (Å²) in [4.78, 5) is 35.0. The van der Waals surface area contributed by atoms with Crippen molar-refractivity contribution in [3.63, 3.8) is 0 Å². The van der Waals surface area contributed by atoms with Crippen LogP contribution in [0.4, 0.5) is 16.3 Å². The summed E-state index contributed by atoms with van der Waals surface area (Å²) in [5, 5.41) is 6.22. The lowest BCUT2D eigenvalue weighted by molar-refractivity contribution is -0.133. The number of nitrogens with zero attached hydrogens (tertiary/aromatic N) is 4. The van der Waals surface area contributed by atoms with E-state index in [2.05, 4.69) is 31.0 Å². The molecule has 1 fully saturated rings. The predicted molar refractivity (Wildman–Crippen MR) is 142 cm³/mol. The van der Waals surface area contributed by atoms with E-state index < -0.39 is 12.1 Å². The van der Waals surface area contributed by atoms with Gasteiger partial charge in [0.1, 0.15) is 17.5 Å². The third-order valence-corrected chi connectivity index (χ3v) is 6.52. The fraction of sp³-hybridized carbons (Fsp3) is 0.222. The highest BCUT2D eigenvalue weighted by atomic mass is 35.5.